The molecule has 0 radical (unpaired) electrons. The van der Waals surface area contributed by atoms with Gasteiger partial charge in [0.15, 0.2) is 0 Å². The van der Waals surface area contributed by atoms with Crippen LogP contribution in [0.1, 0.15) is 26.3 Å². The Balaban J connectivity index is 2.35. The molecule has 0 aliphatic heterocycles. The van der Waals surface area contributed by atoms with Gasteiger partial charge in [-0.05, 0) is 74.0 Å². The average Bonchev–Trinajstić information content (AvgIpc) is 2.06. The molecule has 0 unspecified atom stereocenters. The Morgan fingerprint density at radius 2 is 1.71 bits per heavy atom. The third kappa shape index (κ3) is 4.96. The normalized spacial score (nSPS) is 11.7. The summed E-state index contributed by atoms with van der Waals surface area (Å²) in [6.07, 6.45) is 1.11. The van der Waals surface area contributed by atoms with Crippen LogP contribution in [0.4, 0.5) is 0 Å². The van der Waals surface area contributed by atoms with E-state index >= 15 is 0 Å². The van der Waals surface area contributed by atoms with E-state index in [1.165, 1.54) is 9.13 Å². The van der Waals surface area contributed by atoms with Gasteiger partial charge in [0, 0.05) is 9.11 Å². The topological polar surface area (TPSA) is 12.0 Å². The Bertz CT molecular complexity index is 271. The Morgan fingerprint density at radius 3 is 2.21 bits per heavy atom. The quantitative estimate of drug-likeness (QED) is 0.846. The van der Waals surface area contributed by atoms with E-state index in [2.05, 4.69) is 72.9 Å². The maximum Gasteiger partial charge on any atom is 0.0130 e. The molecule has 1 rings (SSSR count). The van der Waals surface area contributed by atoms with Crippen LogP contribution in [0.3, 0.4) is 0 Å². The molecule has 0 saturated carbocycles. The summed E-state index contributed by atoms with van der Waals surface area (Å²) in [5.74, 6) is 0. The van der Waals surface area contributed by atoms with Crippen LogP contribution in [0.2, 0.25) is 0 Å². The van der Waals surface area contributed by atoms with Crippen molar-refractivity contribution in [3.05, 3.63) is 33.4 Å². The average molecular weight is 303 g/mol. The van der Waals surface area contributed by atoms with Crippen molar-refractivity contribution in [1.82, 2.24) is 5.32 Å². The minimum Gasteiger partial charge on any atom is -0.312 e. The highest BCUT2D eigenvalue weighted by Gasteiger charge is 2.07. The third-order valence-corrected chi connectivity index (χ3v) is 2.70. The molecule has 1 aromatic rings. The van der Waals surface area contributed by atoms with E-state index in [1.54, 1.807) is 0 Å². The van der Waals surface area contributed by atoms with Gasteiger partial charge in [-0.3, -0.25) is 0 Å². The van der Waals surface area contributed by atoms with Gasteiger partial charge in [-0.2, -0.15) is 0 Å². The lowest BCUT2D eigenvalue weighted by atomic mass is 10.1. The number of halogens is 1. The summed E-state index contributed by atoms with van der Waals surface area (Å²) in [5, 5.41) is 3.48. The Hall–Kier alpha value is -0.0900. The zero-order valence-corrected chi connectivity index (χ0v) is 11.3. The van der Waals surface area contributed by atoms with Gasteiger partial charge in [0.2, 0.25) is 0 Å². The van der Waals surface area contributed by atoms with Gasteiger partial charge in [-0.1, -0.05) is 12.1 Å². The fraction of sp³-hybridized carbons (Fsp3) is 0.500. The van der Waals surface area contributed by atoms with Crippen LogP contribution in [0, 0.1) is 3.57 Å². The molecule has 1 aromatic carbocycles. The molecule has 0 amide bonds. The van der Waals surface area contributed by atoms with E-state index < -0.39 is 0 Å². The number of benzene rings is 1. The molecule has 1 N–H and O–H groups in total. The summed E-state index contributed by atoms with van der Waals surface area (Å²) in [5.41, 5.74) is 1.63. The van der Waals surface area contributed by atoms with Gasteiger partial charge in [-0.15, -0.1) is 0 Å². The number of nitrogens with one attached hydrogen (secondary N) is 1. The first kappa shape index (κ1) is 12.0. The summed E-state index contributed by atoms with van der Waals surface area (Å²) in [7, 11) is 0. The number of rotatable bonds is 3. The van der Waals surface area contributed by atoms with Gasteiger partial charge in [-0.25, -0.2) is 0 Å². The van der Waals surface area contributed by atoms with E-state index in [9.17, 15) is 0 Å². The third-order valence-electron chi connectivity index (χ3n) is 1.98. The summed E-state index contributed by atoms with van der Waals surface area (Å²) >= 11 is 2.33. The molecule has 14 heavy (non-hydrogen) atoms. The van der Waals surface area contributed by atoms with Crippen molar-refractivity contribution in [3.63, 3.8) is 0 Å². The summed E-state index contributed by atoms with van der Waals surface area (Å²) in [4.78, 5) is 0. The van der Waals surface area contributed by atoms with Crippen LogP contribution in [-0.4, -0.2) is 12.1 Å². The molecular formula is C12H18IN. The summed E-state index contributed by atoms with van der Waals surface area (Å²) in [6.45, 7) is 7.63. The lowest BCUT2D eigenvalue weighted by Crippen LogP contribution is -2.37. The van der Waals surface area contributed by atoms with Crippen LogP contribution >= 0.6 is 22.6 Å². The van der Waals surface area contributed by atoms with E-state index in [0.717, 1.165) is 13.0 Å². The summed E-state index contributed by atoms with van der Waals surface area (Å²) < 4.78 is 1.30. The molecule has 0 heterocycles. The Labute approximate surface area is 100 Å². The predicted octanol–water partition coefficient (Wildman–Crippen LogP) is 3.22. The van der Waals surface area contributed by atoms with Gasteiger partial charge < -0.3 is 5.32 Å². The molecular weight excluding hydrogens is 285 g/mol. The lowest BCUT2D eigenvalue weighted by molar-refractivity contribution is 0.429. The minimum atomic E-state index is 0.225. The molecule has 0 spiro atoms. The van der Waals surface area contributed by atoms with Gasteiger partial charge in [0.25, 0.3) is 0 Å². The van der Waals surface area contributed by atoms with Crippen LogP contribution < -0.4 is 5.32 Å². The number of hydrogen-bond acceptors (Lipinski definition) is 1. The molecule has 0 aliphatic rings. The second-order valence-corrected chi connectivity index (χ2v) is 5.80. The molecule has 0 fully saturated rings. The van der Waals surface area contributed by atoms with Crippen molar-refractivity contribution >= 4 is 22.6 Å². The van der Waals surface area contributed by atoms with Gasteiger partial charge >= 0.3 is 0 Å². The number of hydrogen-bond donors (Lipinski definition) is 1. The SMILES string of the molecule is CC(C)(C)NCCc1ccc(I)cc1. The second-order valence-electron chi connectivity index (χ2n) is 4.55. The van der Waals surface area contributed by atoms with Crippen molar-refractivity contribution < 1.29 is 0 Å². The zero-order valence-electron chi connectivity index (χ0n) is 9.10. The second kappa shape index (κ2) is 5.12. The fourth-order valence-corrected chi connectivity index (χ4v) is 1.59. The fourth-order valence-electron chi connectivity index (χ4n) is 1.23. The minimum absolute atomic E-state index is 0.225. The van der Waals surface area contributed by atoms with Crippen LogP contribution in [0.5, 0.6) is 0 Å². The Kier molecular flexibility index (Phi) is 4.38. The largest absolute Gasteiger partial charge is 0.312 e. The van der Waals surface area contributed by atoms with Crippen molar-refractivity contribution in [2.24, 2.45) is 0 Å². The highest BCUT2D eigenvalue weighted by atomic mass is 127. The van der Waals surface area contributed by atoms with Crippen LogP contribution in [-0.2, 0) is 6.42 Å². The van der Waals surface area contributed by atoms with Gasteiger partial charge in [0.05, 0.1) is 0 Å². The molecule has 0 aromatic heterocycles. The highest BCUT2D eigenvalue weighted by Crippen LogP contribution is 2.07. The van der Waals surface area contributed by atoms with Crippen molar-refractivity contribution in [2.45, 2.75) is 32.7 Å². The molecule has 1 nitrogen and oxygen atoms in total. The monoisotopic (exact) mass is 303 g/mol. The molecule has 78 valence electrons. The maximum atomic E-state index is 3.48. The maximum absolute atomic E-state index is 3.48. The molecule has 0 atom stereocenters. The van der Waals surface area contributed by atoms with Crippen molar-refractivity contribution in [1.29, 1.82) is 0 Å². The standard InChI is InChI=1S/C12H18IN/c1-12(2,3)14-9-8-10-4-6-11(13)7-5-10/h4-7,14H,8-9H2,1-3H3. The van der Waals surface area contributed by atoms with Crippen LogP contribution in [0.15, 0.2) is 24.3 Å². The predicted molar refractivity (Wildman–Crippen MR) is 70.6 cm³/mol. The molecule has 0 aliphatic carbocycles. The highest BCUT2D eigenvalue weighted by molar-refractivity contribution is 14.1. The molecule has 0 saturated heterocycles. The van der Waals surface area contributed by atoms with E-state index in [1.807, 2.05) is 0 Å². The van der Waals surface area contributed by atoms with E-state index in [0.29, 0.717) is 0 Å². The first-order chi connectivity index (χ1) is 6.47. The Morgan fingerprint density at radius 1 is 1.14 bits per heavy atom. The van der Waals surface area contributed by atoms with Crippen LogP contribution in [0.25, 0.3) is 0 Å². The molecule has 0 bridgehead atoms. The first-order valence-electron chi connectivity index (χ1n) is 4.97. The van der Waals surface area contributed by atoms with E-state index in [4.69, 9.17) is 0 Å². The smallest absolute Gasteiger partial charge is 0.0130 e. The van der Waals surface area contributed by atoms with Crippen molar-refractivity contribution in [3.8, 4) is 0 Å². The van der Waals surface area contributed by atoms with E-state index in [-0.39, 0.29) is 5.54 Å². The lowest BCUT2D eigenvalue weighted by Gasteiger charge is -2.20. The summed E-state index contributed by atoms with van der Waals surface area (Å²) in [6, 6.07) is 8.72. The van der Waals surface area contributed by atoms with Crippen molar-refractivity contribution in [2.75, 3.05) is 6.54 Å². The first-order valence-corrected chi connectivity index (χ1v) is 6.05. The zero-order chi connectivity index (χ0) is 10.6. The molecule has 2 heteroatoms. The van der Waals surface area contributed by atoms with Gasteiger partial charge in [0.1, 0.15) is 0 Å².